The van der Waals surface area contributed by atoms with E-state index in [1.165, 1.54) is 31.6 Å². The zero-order chi connectivity index (χ0) is 6.41. The van der Waals surface area contributed by atoms with Crippen LogP contribution in [0.1, 0.15) is 12.8 Å². The molecular formula is C6H11NaO. The molecule has 0 spiro atoms. The molecule has 0 bridgehead atoms. The number of aliphatic hydroxyl groups is 1. The number of rotatable bonds is 4. The first-order valence-corrected chi connectivity index (χ1v) is 4.51. The van der Waals surface area contributed by atoms with E-state index in [4.69, 9.17) is 5.11 Å². The summed E-state index contributed by atoms with van der Waals surface area (Å²) in [4.78, 5) is 0. The van der Waals surface area contributed by atoms with Crippen LogP contribution in [0.3, 0.4) is 0 Å². The van der Waals surface area contributed by atoms with Gasteiger partial charge >= 0.3 is 68.3 Å². The second-order valence-electron chi connectivity index (χ2n) is 1.97. The Morgan fingerprint density at radius 3 is 2.75 bits per heavy atom. The average molecular weight is 122 g/mol. The third-order valence-electron chi connectivity index (χ3n) is 1.06. The zero-order valence-corrected chi connectivity index (χ0v) is 7.43. The Bertz CT molecular complexity index is 63.5. The summed E-state index contributed by atoms with van der Waals surface area (Å²) in [7, 11) is 0. The standard InChI is InChI=1S/C6H11O.Na/c1-3-5-6(7)4-2;/h3,6-7H,1-2,4-5H2;. The van der Waals surface area contributed by atoms with Crippen LogP contribution in [0.2, 0.25) is 3.67 Å². The van der Waals surface area contributed by atoms with E-state index in [0.29, 0.717) is 0 Å². The van der Waals surface area contributed by atoms with Gasteiger partial charge in [0.15, 0.2) is 0 Å². The Hall–Kier alpha value is 0.700. The topological polar surface area (TPSA) is 20.2 Å². The van der Waals surface area contributed by atoms with Crippen molar-refractivity contribution in [1.82, 2.24) is 0 Å². The Morgan fingerprint density at radius 2 is 2.38 bits per heavy atom. The molecule has 8 heavy (non-hydrogen) atoms. The third kappa shape index (κ3) is 4.85. The molecule has 0 fully saturated rings. The van der Waals surface area contributed by atoms with Crippen molar-refractivity contribution in [1.29, 1.82) is 0 Å². The van der Waals surface area contributed by atoms with Crippen LogP contribution < -0.4 is 0 Å². The van der Waals surface area contributed by atoms with Crippen molar-refractivity contribution in [2.24, 2.45) is 0 Å². The summed E-state index contributed by atoms with van der Waals surface area (Å²) in [5, 5.41) is 9.00. The summed E-state index contributed by atoms with van der Waals surface area (Å²) in [5.74, 6) is 0. The van der Waals surface area contributed by atoms with E-state index in [1.807, 2.05) is 0 Å². The van der Waals surface area contributed by atoms with Crippen LogP contribution in [0, 0.1) is 0 Å². The minimum atomic E-state index is -0.120. The van der Waals surface area contributed by atoms with Gasteiger partial charge < -0.3 is 0 Å². The van der Waals surface area contributed by atoms with Gasteiger partial charge in [0.25, 0.3) is 0 Å². The molecule has 0 heterocycles. The monoisotopic (exact) mass is 122 g/mol. The molecule has 0 aliphatic rings. The van der Waals surface area contributed by atoms with E-state index in [1.54, 1.807) is 6.08 Å². The quantitative estimate of drug-likeness (QED) is 0.434. The molecule has 0 amide bonds. The molecule has 1 nitrogen and oxygen atoms in total. The van der Waals surface area contributed by atoms with Gasteiger partial charge in [0.05, 0.1) is 0 Å². The molecule has 0 aromatic heterocycles. The number of hydrogen-bond acceptors (Lipinski definition) is 1. The fourth-order valence-electron chi connectivity index (χ4n) is 0.643. The van der Waals surface area contributed by atoms with Crippen LogP contribution in [0.25, 0.3) is 0 Å². The molecular weight excluding hydrogens is 111 g/mol. The van der Waals surface area contributed by atoms with Crippen molar-refractivity contribution < 1.29 is 5.11 Å². The van der Waals surface area contributed by atoms with Crippen LogP contribution >= 0.6 is 0 Å². The number of hydrogen-bond donors (Lipinski definition) is 1. The average Bonchev–Trinajstić information content (AvgIpc) is 1.68. The fourth-order valence-corrected chi connectivity index (χ4v) is 1.31. The summed E-state index contributed by atoms with van der Waals surface area (Å²) in [5.41, 5.74) is 0. The summed E-state index contributed by atoms with van der Waals surface area (Å²) in [6.07, 6.45) is 3.35. The molecule has 0 aliphatic carbocycles. The first-order chi connectivity index (χ1) is 3.81. The van der Waals surface area contributed by atoms with Crippen LogP contribution in [0.5, 0.6) is 0 Å². The van der Waals surface area contributed by atoms with Crippen LogP contribution in [-0.2, 0) is 0 Å². The van der Waals surface area contributed by atoms with Gasteiger partial charge in [0.2, 0.25) is 0 Å². The molecule has 0 radical (unpaired) electrons. The van der Waals surface area contributed by atoms with Crippen molar-refractivity contribution in [2.75, 3.05) is 0 Å². The van der Waals surface area contributed by atoms with Gasteiger partial charge in [-0.05, 0) is 0 Å². The van der Waals surface area contributed by atoms with Crippen molar-refractivity contribution in [2.45, 2.75) is 22.6 Å². The molecule has 0 aromatic rings. The maximum atomic E-state index is 9.00. The molecule has 1 N–H and O–H groups in total. The zero-order valence-electron chi connectivity index (χ0n) is 5.43. The van der Waals surface area contributed by atoms with E-state index in [0.717, 1.165) is 12.8 Å². The van der Waals surface area contributed by atoms with E-state index < -0.39 is 0 Å². The Labute approximate surface area is 68.2 Å². The molecule has 1 unspecified atom stereocenters. The summed E-state index contributed by atoms with van der Waals surface area (Å²) in [6, 6.07) is 0. The van der Waals surface area contributed by atoms with Gasteiger partial charge in [-0.2, -0.15) is 0 Å². The number of aliphatic hydroxyl groups excluding tert-OH is 1. The van der Waals surface area contributed by atoms with Crippen LogP contribution in [0.4, 0.5) is 0 Å². The molecule has 0 aliphatic heterocycles. The second kappa shape index (κ2) is 5.83. The molecule has 0 saturated heterocycles. The molecule has 1 atom stereocenters. The van der Waals surface area contributed by atoms with Crippen molar-refractivity contribution in [3.05, 3.63) is 12.7 Å². The first kappa shape index (κ1) is 8.70. The summed E-state index contributed by atoms with van der Waals surface area (Å²) in [6.45, 7) is 3.53. The van der Waals surface area contributed by atoms with Crippen molar-refractivity contribution in [3.63, 3.8) is 0 Å². The van der Waals surface area contributed by atoms with Crippen LogP contribution in [-0.4, -0.2) is 39.1 Å². The second-order valence-corrected chi connectivity index (χ2v) is 2.97. The van der Waals surface area contributed by atoms with Crippen molar-refractivity contribution >= 4 is 27.9 Å². The first-order valence-electron chi connectivity index (χ1n) is 3.10. The predicted molar refractivity (Wildman–Crippen MR) is 36.0 cm³/mol. The normalized spacial score (nSPS) is 13.4. The van der Waals surface area contributed by atoms with Gasteiger partial charge in [-0.25, -0.2) is 0 Å². The molecule has 42 valence electrons. The minimum absolute atomic E-state index is 0.120. The Balaban J connectivity index is 3.03. The molecule has 0 rings (SSSR count). The molecule has 2 heteroatoms. The van der Waals surface area contributed by atoms with E-state index in [9.17, 15) is 0 Å². The Morgan fingerprint density at radius 1 is 1.75 bits per heavy atom. The maximum absolute atomic E-state index is 9.00. The SMILES string of the molecule is C=CCC(O)C[CH2][Na]. The predicted octanol–water partition coefficient (Wildman–Crippen LogP) is 0.900. The molecule has 0 aromatic carbocycles. The third-order valence-corrected chi connectivity index (χ3v) is 1.64. The Kier molecular flexibility index (Phi) is 6.34. The molecule has 0 saturated carbocycles. The van der Waals surface area contributed by atoms with Gasteiger partial charge in [-0.3, -0.25) is 0 Å². The van der Waals surface area contributed by atoms with E-state index in [-0.39, 0.29) is 6.10 Å². The fraction of sp³-hybridized carbons (Fsp3) is 0.667. The van der Waals surface area contributed by atoms with Gasteiger partial charge in [-0.1, -0.05) is 0 Å². The van der Waals surface area contributed by atoms with E-state index in [2.05, 4.69) is 6.58 Å². The van der Waals surface area contributed by atoms with Gasteiger partial charge in [0.1, 0.15) is 0 Å². The van der Waals surface area contributed by atoms with Crippen LogP contribution in [0.15, 0.2) is 12.7 Å². The van der Waals surface area contributed by atoms with Gasteiger partial charge in [-0.15, -0.1) is 0 Å². The summed E-state index contributed by atoms with van der Waals surface area (Å²) < 4.78 is 1.19. The van der Waals surface area contributed by atoms with E-state index >= 15 is 0 Å². The van der Waals surface area contributed by atoms with Crippen molar-refractivity contribution in [3.8, 4) is 0 Å². The summed E-state index contributed by atoms with van der Waals surface area (Å²) >= 11 is 1.20. The van der Waals surface area contributed by atoms with Gasteiger partial charge in [0, 0.05) is 0 Å².